The summed E-state index contributed by atoms with van der Waals surface area (Å²) >= 11 is 5.23. The minimum atomic E-state index is 0.403. The molecule has 0 amide bonds. The second-order valence-electron chi connectivity index (χ2n) is 5.40. The Morgan fingerprint density at radius 3 is 2.52 bits per heavy atom. The van der Waals surface area contributed by atoms with Crippen molar-refractivity contribution in [1.29, 1.82) is 0 Å². The molecule has 1 aromatic rings. The van der Waals surface area contributed by atoms with Gasteiger partial charge in [-0.15, -0.1) is 5.10 Å². The molecular weight excluding hydrogens is 282 g/mol. The number of hydrogen-bond acceptors (Lipinski definition) is 5. The van der Waals surface area contributed by atoms with Crippen molar-refractivity contribution in [3.63, 3.8) is 0 Å². The summed E-state index contributed by atoms with van der Waals surface area (Å²) in [6.07, 6.45) is 4.33. The van der Waals surface area contributed by atoms with Gasteiger partial charge in [0.25, 0.3) is 0 Å². The summed E-state index contributed by atoms with van der Waals surface area (Å²) in [6.45, 7) is 8.45. The van der Waals surface area contributed by atoms with Crippen LogP contribution >= 0.6 is 12.2 Å². The summed E-state index contributed by atoms with van der Waals surface area (Å²) in [7, 11) is 0. The molecule has 1 fully saturated rings. The van der Waals surface area contributed by atoms with E-state index in [0.717, 1.165) is 48.6 Å². The van der Waals surface area contributed by atoms with E-state index in [-0.39, 0.29) is 0 Å². The van der Waals surface area contributed by atoms with Gasteiger partial charge in [-0.1, -0.05) is 26.1 Å². The maximum absolute atomic E-state index is 5.92. The fourth-order valence-corrected chi connectivity index (χ4v) is 3.12. The van der Waals surface area contributed by atoms with Gasteiger partial charge in [-0.3, -0.25) is 0 Å². The average molecular weight is 307 g/mol. The van der Waals surface area contributed by atoms with Gasteiger partial charge in [-0.2, -0.15) is 5.10 Å². The molecule has 2 heterocycles. The molecule has 1 aliphatic rings. The van der Waals surface area contributed by atoms with E-state index in [2.05, 4.69) is 34.3 Å². The first-order valence-corrected chi connectivity index (χ1v) is 8.22. The van der Waals surface area contributed by atoms with Crippen LogP contribution in [0.4, 0.5) is 5.82 Å². The summed E-state index contributed by atoms with van der Waals surface area (Å²) in [6, 6.07) is 0. The highest BCUT2D eigenvalue weighted by Gasteiger charge is 2.17. The number of rotatable bonds is 7. The molecule has 0 aliphatic carbocycles. The van der Waals surface area contributed by atoms with Crippen molar-refractivity contribution in [2.75, 3.05) is 31.5 Å². The van der Waals surface area contributed by atoms with Crippen LogP contribution in [0, 0.1) is 0 Å². The summed E-state index contributed by atoms with van der Waals surface area (Å²) in [5, 5.41) is 12.0. The first-order valence-electron chi connectivity index (χ1n) is 7.81. The lowest BCUT2D eigenvalue weighted by Gasteiger charge is -2.18. The normalized spacial score (nSPS) is 15.3. The molecular formula is C15H25N5S. The van der Waals surface area contributed by atoms with Crippen molar-refractivity contribution >= 4 is 23.0 Å². The molecule has 21 heavy (non-hydrogen) atoms. The second kappa shape index (κ2) is 7.66. The van der Waals surface area contributed by atoms with Gasteiger partial charge in [-0.25, -0.2) is 0 Å². The van der Waals surface area contributed by atoms with Gasteiger partial charge < -0.3 is 16.0 Å². The molecule has 0 spiro atoms. The van der Waals surface area contributed by atoms with E-state index in [1.807, 2.05) is 0 Å². The van der Waals surface area contributed by atoms with Crippen molar-refractivity contribution in [3.05, 3.63) is 16.8 Å². The number of nitrogens with two attached hydrogens (primary N) is 1. The first-order chi connectivity index (χ1) is 10.2. The summed E-state index contributed by atoms with van der Waals surface area (Å²) in [4.78, 5) is 2.86. The zero-order valence-electron chi connectivity index (χ0n) is 13.0. The number of aryl methyl sites for hydroxylation is 1. The van der Waals surface area contributed by atoms with Crippen molar-refractivity contribution in [1.82, 2.24) is 15.1 Å². The van der Waals surface area contributed by atoms with Crippen LogP contribution in [0.1, 0.15) is 43.5 Å². The Morgan fingerprint density at radius 2 is 1.95 bits per heavy atom. The van der Waals surface area contributed by atoms with Crippen LogP contribution in [0.15, 0.2) is 0 Å². The predicted octanol–water partition coefficient (Wildman–Crippen LogP) is 1.74. The number of nitrogens with one attached hydrogen (secondary N) is 1. The van der Waals surface area contributed by atoms with E-state index in [9.17, 15) is 0 Å². The van der Waals surface area contributed by atoms with Crippen LogP contribution in [0.3, 0.4) is 0 Å². The van der Waals surface area contributed by atoms with Gasteiger partial charge in [0.05, 0.1) is 11.3 Å². The van der Waals surface area contributed by atoms with Gasteiger partial charge in [0.15, 0.2) is 5.82 Å². The Bertz CT molecular complexity index is 497. The van der Waals surface area contributed by atoms with Gasteiger partial charge >= 0.3 is 0 Å². The van der Waals surface area contributed by atoms with E-state index < -0.39 is 0 Å². The lowest BCUT2D eigenvalue weighted by Crippen LogP contribution is -2.27. The molecule has 0 atom stereocenters. The SMILES string of the molecule is CCc1nnc(NCCN2CCCC2)c(C(N)=S)c1CC. The summed E-state index contributed by atoms with van der Waals surface area (Å²) in [5.74, 6) is 0.732. The standard InChI is InChI=1S/C15H25N5S/c1-3-11-12(4-2)18-19-15(13(11)14(16)21)17-7-10-20-8-5-6-9-20/h3-10H2,1-2H3,(H2,16,21)(H,17,19). The Labute approximate surface area is 132 Å². The molecule has 0 saturated carbocycles. The molecule has 3 N–H and O–H groups in total. The maximum atomic E-state index is 5.92. The van der Waals surface area contributed by atoms with E-state index >= 15 is 0 Å². The predicted molar refractivity (Wildman–Crippen MR) is 90.8 cm³/mol. The molecule has 1 aliphatic heterocycles. The Hall–Kier alpha value is -1.27. The molecule has 2 rings (SSSR count). The molecule has 116 valence electrons. The third-order valence-corrected chi connectivity index (χ3v) is 4.22. The monoisotopic (exact) mass is 307 g/mol. The number of anilines is 1. The smallest absolute Gasteiger partial charge is 0.159 e. The van der Waals surface area contributed by atoms with Crippen LogP contribution in [0.5, 0.6) is 0 Å². The molecule has 1 aromatic heterocycles. The highest BCUT2D eigenvalue weighted by atomic mass is 32.1. The number of hydrogen-bond donors (Lipinski definition) is 2. The van der Waals surface area contributed by atoms with E-state index in [0.29, 0.717) is 4.99 Å². The van der Waals surface area contributed by atoms with E-state index in [4.69, 9.17) is 18.0 Å². The summed E-state index contributed by atoms with van der Waals surface area (Å²) in [5.41, 5.74) is 8.92. The number of aromatic nitrogens is 2. The van der Waals surface area contributed by atoms with Crippen molar-refractivity contribution in [2.24, 2.45) is 5.73 Å². The van der Waals surface area contributed by atoms with Crippen LogP contribution in [0.2, 0.25) is 0 Å². The fourth-order valence-electron chi connectivity index (χ4n) is 2.90. The zero-order chi connectivity index (χ0) is 15.2. The average Bonchev–Trinajstić information content (AvgIpc) is 2.99. The van der Waals surface area contributed by atoms with Gasteiger partial charge in [-0.05, 0) is 44.3 Å². The number of nitrogens with zero attached hydrogens (tertiary/aromatic N) is 3. The largest absolute Gasteiger partial charge is 0.389 e. The topological polar surface area (TPSA) is 67.1 Å². The van der Waals surface area contributed by atoms with Crippen molar-refractivity contribution in [2.45, 2.75) is 39.5 Å². The molecule has 0 radical (unpaired) electrons. The molecule has 0 unspecified atom stereocenters. The molecule has 0 bridgehead atoms. The third kappa shape index (κ3) is 3.89. The van der Waals surface area contributed by atoms with Gasteiger partial charge in [0.1, 0.15) is 4.99 Å². The minimum Gasteiger partial charge on any atom is -0.389 e. The quantitative estimate of drug-likeness (QED) is 0.748. The van der Waals surface area contributed by atoms with Crippen LogP contribution < -0.4 is 11.1 Å². The number of likely N-dealkylation sites (tertiary alicyclic amines) is 1. The van der Waals surface area contributed by atoms with Crippen LogP contribution in [0.25, 0.3) is 0 Å². The number of thiocarbonyl (C=S) groups is 1. The van der Waals surface area contributed by atoms with Crippen molar-refractivity contribution in [3.8, 4) is 0 Å². The Balaban J connectivity index is 2.12. The van der Waals surface area contributed by atoms with E-state index in [1.54, 1.807) is 0 Å². The first kappa shape index (κ1) is 16.1. The second-order valence-corrected chi connectivity index (χ2v) is 5.84. The van der Waals surface area contributed by atoms with Crippen molar-refractivity contribution < 1.29 is 0 Å². The Morgan fingerprint density at radius 1 is 1.24 bits per heavy atom. The lowest BCUT2D eigenvalue weighted by molar-refractivity contribution is 0.352. The highest BCUT2D eigenvalue weighted by Crippen LogP contribution is 2.21. The minimum absolute atomic E-state index is 0.403. The summed E-state index contributed by atoms with van der Waals surface area (Å²) < 4.78 is 0. The van der Waals surface area contributed by atoms with Crippen LogP contribution in [-0.2, 0) is 12.8 Å². The maximum Gasteiger partial charge on any atom is 0.159 e. The third-order valence-electron chi connectivity index (χ3n) is 4.01. The van der Waals surface area contributed by atoms with Crippen LogP contribution in [-0.4, -0.2) is 46.3 Å². The van der Waals surface area contributed by atoms with Gasteiger partial charge in [0, 0.05) is 13.1 Å². The van der Waals surface area contributed by atoms with Gasteiger partial charge in [0.2, 0.25) is 0 Å². The molecule has 6 heteroatoms. The fraction of sp³-hybridized carbons (Fsp3) is 0.667. The molecule has 1 saturated heterocycles. The lowest BCUT2D eigenvalue weighted by atomic mass is 10.0. The Kier molecular flexibility index (Phi) is 5.87. The molecule has 0 aromatic carbocycles. The molecule has 5 nitrogen and oxygen atoms in total. The van der Waals surface area contributed by atoms with E-state index in [1.165, 1.54) is 25.9 Å². The highest BCUT2D eigenvalue weighted by molar-refractivity contribution is 7.80. The zero-order valence-corrected chi connectivity index (χ0v) is 13.8.